The molecule has 54 heavy (non-hydrogen) atoms. The molecule has 0 unspecified atom stereocenters. The number of primary amides is 1. The fourth-order valence-corrected chi connectivity index (χ4v) is 5.81. The molecule has 0 saturated heterocycles. The number of carboxylic acid groups (broad SMARTS) is 1. The van der Waals surface area contributed by atoms with Crippen LogP contribution < -0.4 is 27.2 Å². The van der Waals surface area contributed by atoms with E-state index in [1.54, 1.807) is 63.6 Å². The number of aliphatic carboxylic acids is 1. The second kappa shape index (κ2) is 20.0. The van der Waals surface area contributed by atoms with Crippen molar-refractivity contribution in [3.05, 3.63) is 71.9 Å². The average molecular weight is 770 g/mol. The number of nitrogens with zero attached hydrogens (tertiary/aromatic N) is 1. The number of carbonyl (C=O) groups is 7. The number of fused-ring (bicyclic) bond motifs is 1. The van der Waals surface area contributed by atoms with Gasteiger partial charge in [-0.2, -0.15) is 22.3 Å². The molecule has 6 amide bonds. The van der Waals surface area contributed by atoms with Crippen molar-refractivity contribution < 1.29 is 48.3 Å². The number of rotatable bonds is 19. The van der Waals surface area contributed by atoms with E-state index in [4.69, 9.17) is 15.4 Å². The number of hydrogen-bond donors (Lipinski definition) is 7. The number of H-pyrrole nitrogens is 1. The van der Waals surface area contributed by atoms with E-state index < -0.39 is 77.8 Å². The number of para-hydroxylation sites is 1. The van der Waals surface area contributed by atoms with Crippen LogP contribution in [0.3, 0.4) is 0 Å². The van der Waals surface area contributed by atoms with Gasteiger partial charge in [0.15, 0.2) is 0 Å². The summed E-state index contributed by atoms with van der Waals surface area (Å²) in [5.41, 5.74) is 8.70. The van der Waals surface area contributed by atoms with Crippen LogP contribution in [0.4, 0.5) is 4.79 Å². The van der Waals surface area contributed by atoms with Gasteiger partial charge in [-0.1, -0.05) is 48.5 Å². The van der Waals surface area contributed by atoms with Gasteiger partial charge in [-0.15, -0.1) is 4.94 Å². The lowest BCUT2D eigenvalue weighted by Crippen LogP contribution is -2.60. The molecule has 2 aromatic carbocycles. The quantitative estimate of drug-likeness (QED) is 0.0865. The predicted octanol–water partition coefficient (Wildman–Crippen LogP) is 1.71. The van der Waals surface area contributed by atoms with Gasteiger partial charge < -0.3 is 36.5 Å². The SMILES string of the molecule is CSCC[C@H](NC(=O)[C@H](Cc1c[nH]c2ccccc12)NC(C)=O)C(=O)N[C@@H](CC(=O)O)C(=O)N(ONC(=O)OC(C)(C)C)[C@@H](Cc1ccccc1)C(N)=O. The maximum absolute atomic E-state index is 14.1. The molecule has 8 N–H and O–H groups in total. The van der Waals surface area contributed by atoms with Crippen LogP contribution in [0.2, 0.25) is 0 Å². The van der Waals surface area contributed by atoms with Gasteiger partial charge >= 0.3 is 12.1 Å². The molecular formula is C36H47N7O10S. The molecule has 0 spiro atoms. The van der Waals surface area contributed by atoms with Crippen LogP contribution in [0.5, 0.6) is 0 Å². The summed E-state index contributed by atoms with van der Waals surface area (Å²) >= 11 is 1.36. The van der Waals surface area contributed by atoms with Gasteiger partial charge in [0.2, 0.25) is 23.6 Å². The monoisotopic (exact) mass is 769 g/mol. The second-order valence-electron chi connectivity index (χ2n) is 13.3. The van der Waals surface area contributed by atoms with E-state index in [0.29, 0.717) is 16.4 Å². The first-order valence-electron chi connectivity index (χ1n) is 16.9. The number of hydrogen-bond acceptors (Lipinski definition) is 10. The molecule has 1 heterocycles. The molecule has 0 radical (unpaired) electrons. The zero-order valence-corrected chi connectivity index (χ0v) is 31.5. The molecule has 0 aliphatic carbocycles. The summed E-state index contributed by atoms with van der Waals surface area (Å²) < 4.78 is 5.16. The smallest absolute Gasteiger partial charge is 0.433 e. The molecule has 292 valence electrons. The Kier molecular flexibility index (Phi) is 15.9. The van der Waals surface area contributed by atoms with Crippen molar-refractivity contribution in [3.63, 3.8) is 0 Å². The van der Waals surface area contributed by atoms with Crippen LogP contribution in [-0.4, -0.2) is 98.5 Å². The fraction of sp³-hybridized carbons (Fsp3) is 0.417. The summed E-state index contributed by atoms with van der Waals surface area (Å²) in [6.07, 6.45) is 1.24. The molecule has 4 atom stereocenters. The molecule has 0 aliphatic rings. The maximum atomic E-state index is 14.1. The van der Waals surface area contributed by atoms with Crippen molar-refractivity contribution in [1.29, 1.82) is 0 Å². The normalized spacial score (nSPS) is 13.4. The average Bonchev–Trinajstić information content (AvgIpc) is 3.50. The highest BCUT2D eigenvalue weighted by molar-refractivity contribution is 7.98. The summed E-state index contributed by atoms with van der Waals surface area (Å²) in [5, 5.41) is 18.6. The van der Waals surface area contributed by atoms with Crippen LogP contribution in [-0.2, 0) is 51.3 Å². The van der Waals surface area contributed by atoms with E-state index >= 15 is 0 Å². The summed E-state index contributed by atoms with van der Waals surface area (Å²) in [7, 11) is 0. The molecule has 1 aromatic heterocycles. The number of aromatic nitrogens is 1. The Morgan fingerprint density at radius 3 is 2.13 bits per heavy atom. The van der Waals surface area contributed by atoms with Crippen LogP contribution in [0.1, 0.15) is 51.7 Å². The first kappa shape index (κ1) is 42.8. The lowest BCUT2D eigenvalue weighted by atomic mass is 10.0. The van der Waals surface area contributed by atoms with Gasteiger partial charge in [-0.3, -0.25) is 28.8 Å². The Bertz CT molecular complexity index is 1800. The molecule has 3 aromatic rings. The summed E-state index contributed by atoms with van der Waals surface area (Å²) in [6, 6.07) is 9.82. The standard InChI is InChI=1S/C36H47N7O10S/c1-21(44)39-27(18-23-20-38-25-14-10-9-13-24(23)25)33(49)40-26(15-16-54-5)32(48)41-28(19-30(45)46)34(50)43(53-42-35(51)52-36(2,3)4)29(31(37)47)17-22-11-7-6-8-12-22/h6-14,20,26-29,38H,15-19H2,1-5H3,(H2,37,47)(H,39,44)(H,40,49)(H,41,48)(H,42,51)(H,45,46)/t26-,27-,28-,29-/m0/s1. The van der Waals surface area contributed by atoms with Gasteiger partial charge in [0.1, 0.15) is 29.8 Å². The van der Waals surface area contributed by atoms with Crippen LogP contribution >= 0.6 is 11.8 Å². The fourth-order valence-electron chi connectivity index (χ4n) is 5.34. The number of ether oxygens (including phenoxy) is 1. The minimum absolute atomic E-state index is 0.0466. The lowest BCUT2D eigenvalue weighted by Gasteiger charge is -2.32. The number of aromatic amines is 1. The van der Waals surface area contributed by atoms with Crippen molar-refractivity contribution in [3.8, 4) is 0 Å². The van der Waals surface area contributed by atoms with E-state index in [0.717, 1.165) is 16.5 Å². The third-order valence-corrected chi connectivity index (χ3v) is 8.40. The minimum Gasteiger partial charge on any atom is -0.481 e. The molecule has 0 saturated carbocycles. The van der Waals surface area contributed by atoms with Crippen LogP contribution in [0, 0.1) is 0 Å². The molecule has 0 bridgehead atoms. The molecular weight excluding hydrogens is 723 g/mol. The molecule has 0 fully saturated rings. The van der Waals surface area contributed by atoms with Gasteiger partial charge in [0.05, 0.1) is 6.42 Å². The third kappa shape index (κ3) is 13.4. The van der Waals surface area contributed by atoms with Crippen molar-refractivity contribution in [2.45, 2.75) is 83.1 Å². The minimum atomic E-state index is -1.89. The van der Waals surface area contributed by atoms with Gasteiger partial charge in [0.25, 0.3) is 5.91 Å². The topological polar surface area (TPSA) is 251 Å². The number of thioether (sulfide) groups is 1. The highest BCUT2D eigenvalue weighted by Crippen LogP contribution is 2.20. The number of carbonyl (C=O) groups excluding carboxylic acids is 6. The number of hydroxylamine groups is 3. The van der Waals surface area contributed by atoms with Crippen molar-refractivity contribution in [1.82, 2.24) is 31.5 Å². The Balaban J connectivity index is 1.92. The number of nitrogens with two attached hydrogens (primary N) is 1. The number of carboxylic acids is 1. The molecule has 18 heteroatoms. The van der Waals surface area contributed by atoms with E-state index in [1.165, 1.54) is 18.7 Å². The first-order valence-corrected chi connectivity index (χ1v) is 18.3. The molecule has 0 aliphatic heterocycles. The van der Waals surface area contributed by atoms with Crippen molar-refractivity contribution in [2.75, 3.05) is 12.0 Å². The van der Waals surface area contributed by atoms with Crippen LogP contribution in [0.15, 0.2) is 60.8 Å². The van der Waals surface area contributed by atoms with Gasteiger partial charge in [0, 0.05) is 36.9 Å². The Morgan fingerprint density at radius 1 is 0.889 bits per heavy atom. The van der Waals surface area contributed by atoms with Gasteiger partial charge in [-0.05, 0) is 56.4 Å². The lowest BCUT2D eigenvalue weighted by molar-refractivity contribution is -0.225. The highest BCUT2D eigenvalue weighted by atomic mass is 32.2. The van der Waals surface area contributed by atoms with E-state index in [-0.39, 0.29) is 19.3 Å². The summed E-state index contributed by atoms with van der Waals surface area (Å²) in [4.78, 5) is 99.5. The zero-order chi connectivity index (χ0) is 40.0. The predicted molar refractivity (Wildman–Crippen MR) is 199 cm³/mol. The largest absolute Gasteiger partial charge is 0.481 e. The van der Waals surface area contributed by atoms with Gasteiger partial charge in [-0.25, -0.2) is 4.79 Å². The summed E-state index contributed by atoms with van der Waals surface area (Å²) in [6.45, 7) is 5.96. The van der Waals surface area contributed by atoms with E-state index in [1.807, 2.05) is 29.7 Å². The number of benzene rings is 2. The third-order valence-electron chi connectivity index (χ3n) is 7.76. The Hall–Kier alpha value is -5.62. The van der Waals surface area contributed by atoms with E-state index in [9.17, 15) is 38.7 Å². The first-order chi connectivity index (χ1) is 25.5. The van der Waals surface area contributed by atoms with Crippen LogP contribution in [0.25, 0.3) is 10.9 Å². The van der Waals surface area contributed by atoms with E-state index in [2.05, 4.69) is 20.9 Å². The maximum Gasteiger partial charge on any atom is 0.433 e. The molecule has 3 rings (SSSR count). The summed E-state index contributed by atoms with van der Waals surface area (Å²) in [5.74, 6) is -5.63. The van der Waals surface area contributed by atoms with Crippen molar-refractivity contribution >= 4 is 64.3 Å². The van der Waals surface area contributed by atoms with Crippen molar-refractivity contribution in [2.24, 2.45) is 5.73 Å². The zero-order valence-electron chi connectivity index (χ0n) is 30.7. The number of amides is 6. The number of nitrogens with one attached hydrogen (secondary N) is 5. The molecule has 17 nitrogen and oxygen atoms in total. The Labute approximate surface area is 316 Å². The highest BCUT2D eigenvalue weighted by Gasteiger charge is 2.38. The Morgan fingerprint density at radius 2 is 1.52 bits per heavy atom. The second-order valence-corrected chi connectivity index (χ2v) is 14.3.